The highest BCUT2D eigenvalue weighted by Crippen LogP contribution is 2.50. The Kier molecular flexibility index (Phi) is 32.9. The zero-order chi connectivity index (χ0) is 84.3. The van der Waals surface area contributed by atoms with E-state index in [2.05, 4.69) is 73.6 Å². The van der Waals surface area contributed by atoms with Crippen LogP contribution in [0.5, 0.6) is 5.75 Å². The van der Waals surface area contributed by atoms with E-state index in [9.17, 15) is 44.7 Å². The van der Waals surface area contributed by atoms with Crippen molar-refractivity contribution >= 4 is 99.1 Å². The third-order valence-corrected chi connectivity index (χ3v) is 22.5. The second kappa shape index (κ2) is 41.2. The number of ether oxygens (including phenoxy) is 8. The molecule has 4 saturated heterocycles. The minimum Gasteiger partial charge on any atom is -0.462 e. The Morgan fingerprint density at radius 3 is 1.41 bits per heavy atom. The zero-order valence-electron chi connectivity index (χ0n) is 63.9. The molecule has 10 N–H and O–H groups in total. The summed E-state index contributed by atoms with van der Waals surface area (Å²) in [5, 5.41) is 55.1. The number of carbonyl (C=O) groups is 4. The summed E-state index contributed by atoms with van der Waals surface area (Å²) >= 11 is 11.8. The minimum absolute atomic E-state index is 0. The van der Waals surface area contributed by atoms with E-state index in [1.807, 2.05) is 33.8 Å². The van der Waals surface area contributed by atoms with Gasteiger partial charge in [-0.2, -0.15) is 0 Å². The van der Waals surface area contributed by atoms with Crippen LogP contribution in [-0.2, 0) is 59.0 Å². The van der Waals surface area contributed by atoms with E-state index in [0.29, 0.717) is 57.6 Å². The van der Waals surface area contributed by atoms with Gasteiger partial charge in [-0.1, -0.05) is 165 Å². The van der Waals surface area contributed by atoms with E-state index in [1.54, 1.807) is 141 Å². The topological polar surface area (TPSA) is 457 Å². The lowest BCUT2D eigenvalue weighted by Crippen LogP contribution is -2.48. The fourth-order valence-electron chi connectivity index (χ4n) is 13.4. The van der Waals surface area contributed by atoms with Gasteiger partial charge in [0.05, 0.1) is 67.2 Å². The molecule has 642 valence electrons. The molecule has 0 bridgehead atoms. The quantitative estimate of drug-likeness (QED) is 0.0109. The zero-order valence-corrected chi connectivity index (χ0v) is 66.4. The average Bonchev–Trinajstić information content (AvgIpc) is 1.61. The summed E-state index contributed by atoms with van der Waals surface area (Å²) in [6.07, 6.45) is 21.5. The molecule has 0 amide bonds. The number of hydrogen-bond donors (Lipinski definition) is 8. The number of imidazole rings is 3. The molecule has 121 heavy (non-hydrogen) atoms. The van der Waals surface area contributed by atoms with Gasteiger partial charge >= 0.3 is 30.5 Å². The van der Waals surface area contributed by atoms with Crippen LogP contribution in [0.25, 0.3) is 33.5 Å². The number of hydrogen-bond acceptors (Lipinski definition) is 31. The van der Waals surface area contributed by atoms with E-state index in [1.165, 1.54) is 47.1 Å². The maximum absolute atomic E-state index is 12.9. The lowest BCUT2D eigenvalue weighted by Gasteiger charge is -2.32. The van der Waals surface area contributed by atoms with Gasteiger partial charge in [0, 0.05) is 11.8 Å². The summed E-state index contributed by atoms with van der Waals surface area (Å²) in [5.41, 5.74) is 7.61. The van der Waals surface area contributed by atoms with Gasteiger partial charge in [0.2, 0.25) is 11.2 Å². The summed E-state index contributed by atoms with van der Waals surface area (Å²) in [7, 11) is 0. The average molecular weight is 1720 g/mol. The van der Waals surface area contributed by atoms with E-state index in [4.69, 9.17) is 108 Å². The lowest BCUT2D eigenvalue weighted by atomic mass is 9.85. The highest BCUT2D eigenvalue weighted by molar-refractivity contribution is 8.09. The summed E-state index contributed by atoms with van der Waals surface area (Å²) in [6, 6.07) is 33.5. The number of nitrogen functional groups attached to an aromatic ring is 2. The van der Waals surface area contributed by atoms with Gasteiger partial charge in [-0.15, -0.1) is 25.7 Å². The minimum atomic E-state index is -3.45. The molecule has 14 rings (SSSR count). The molecule has 0 spiro atoms. The smallest absolute Gasteiger partial charge is 0.340 e. The Morgan fingerprint density at radius 1 is 0.562 bits per heavy atom. The predicted octanol–water partition coefficient (Wildman–Crippen LogP) is 9.34. The number of benzene rings is 4. The largest absolute Gasteiger partial charge is 0.462 e. The monoisotopic (exact) mass is 1720 g/mol. The summed E-state index contributed by atoms with van der Waals surface area (Å²) in [6.45, 7) is 8.41. The molecule has 6 aromatic heterocycles. The Bertz CT molecular complexity index is 5430. The molecule has 4 fully saturated rings. The lowest BCUT2D eigenvalue weighted by molar-refractivity contribution is -0.156. The number of terminal acetylenes is 4. The fourth-order valence-corrected chi connectivity index (χ4v) is 16.0. The number of fused-ring (bicyclic) bond motifs is 3. The number of rotatable bonds is 21. The van der Waals surface area contributed by atoms with Crippen molar-refractivity contribution in [3.05, 3.63) is 181 Å². The number of nitrogens with zero attached hydrogens (tertiary/aromatic N) is 12. The second-order valence-corrected chi connectivity index (χ2v) is 30.8. The van der Waals surface area contributed by atoms with Gasteiger partial charge in [-0.25, -0.2) is 64.3 Å². The maximum atomic E-state index is 12.9. The van der Waals surface area contributed by atoms with Gasteiger partial charge in [0.15, 0.2) is 63.6 Å². The number of esters is 4. The second-order valence-electron chi connectivity index (χ2n) is 27.3. The van der Waals surface area contributed by atoms with E-state index >= 15 is 0 Å². The van der Waals surface area contributed by atoms with Crippen LogP contribution in [0.2, 0.25) is 5.15 Å². The number of aliphatic hydroxyl groups excluding tert-OH is 3. The van der Waals surface area contributed by atoms with Crippen LogP contribution in [-0.4, -0.2) is 199 Å². The van der Waals surface area contributed by atoms with Crippen molar-refractivity contribution in [1.29, 1.82) is 0 Å². The number of nitrogens with one attached hydrogen (secondary N) is 1. The number of nitrogens with two attached hydrogens (primary N) is 2. The normalized spacial score (nSPS) is 26.1. The molecular formula is C84H99ClN15O19PS. The molecular weight excluding hydrogens is 1620 g/mol. The molecule has 4 aliphatic heterocycles. The van der Waals surface area contributed by atoms with E-state index in [0.717, 1.165) is 0 Å². The molecule has 18 atom stereocenters. The molecule has 37 heteroatoms. The Labute approximate surface area is 710 Å². The number of aliphatic hydroxyl groups is 5. The van der Waals surface area contributed by atoms with Gasteiger partial charge in [-0.3, -0.25) is 18.5 Å². The van der Waals surface area contributed by atoms with Crippen LogP contribution < -0.4 is 21.1 Å². The van der Waals surface area contributed by atoms with E-state index < -0.39 is 115 Å². The highest BCUT2D eigenvalue weighted by Gasteiger charge is 2.61. The fraction of sp³-hybridized carbons (Fsp3) is 0.393. The van der Waals surface area contributed by atoms with Gasteiger partial charge in [-0.05, 0) is 94.0 Å². The van der Waals surface area contributed by atoms with Gasteiger partial charge < -0.3 is 83.9 Å². The van der Waals surface area contributed by atoms with Crippen LogP contribution in [0.3, 0.4) is 0 Å². The Balaban J connectivity index is 0.000000224. The number of halogens is 1. The highest BCUT2D eigenvalue weighted by atomic mass is 35.5. The van der Waals surface area contributed by atoms with E-state index in [-0.39, 0.29) is 94.4 Å². The Morgan fingerprint density at radius 2 is 0.959 bits per heavy atom. The molecule has 1 unspecified atom stereocenters. The first kappa shape index (κ1) is 96.7. The first-order valence-corrected chi connectivity index (χ1v) is 39.5. The van der Waals surface area contributed by atoms with Crippen LogP contribution in [0, 0.1) is 61.2 Å². The van der Waals surface area contributed by atoms with Crippen molar-refractivity contribution in [1.82, 2.24) is 63.6 Å². The van der Waals surface area contributed by atoms with Gasteiger partial charge in [0.1, 0.15) is 71.7 Å². The third kappa shape index (κ3) is 19.8. The van der Waals surface area contributed by atoms with Crippen LogP contribution >= 0.6 is 18.2 Å². The number of carbonyl (C=O) groups excluding carboxylic acids is 4. The molecule has 0 aliphatic carbocycles. The maximum Gasteiger partial charge on any atom is 0.340 e. The molecule has 4 aromatic carbocycles. The summed E-state index contributed by atoms with van der Waals surface area (Å²) in [5.74, 6) is 7.42. The molecule has 10 heterocycles. The van der Waals surface area contributed by atoms with Crippen LogP contribution in [0.4, 0.5) is 11.6 Å². The SMILES string of the molecule is C.C.C.C.C#C[C@@]1(O)[C@H](O)[C@@H](CO)O[C@H]1n1cnc2c(N)ncnc21.C#C[C@@]1(O)[C@H](O)[C@@H](COP(=S)(N[C@@H](C)C(=O)OC(C)C)Oc2ccccc2)O[C@H]1n1cnc2c(N)ncnc21.C#C[C@@]1(OC(=O)c2ccccc2)[C@H](C)[C@@H](CC)O[C@H]1n1cnc2c(Cl)ncnc21.C#C[C@]1(OC(=O)c2ccccc2)[C@@H](OC(=O)c2ccccc2)O[C@H](CC)[C@H]1C. The molecule has 0 radical (unpaired) electrons. The summed E-state index contributed by atoms with van der Waals surface area (Å²) < 4.78 is 62.4. The molecule has 34 nitrogen and oxygen atoms in total. The van der Waals surface area contributed by atoms with Crippen molar-refractivity contribution in [2.75, 3.05) is 24.7 Å². The number of para-hydroxylation sites is 1. The third-order valence-electron chi connectivity index (χ3n) is 19.7. The van der Waals surface area contributed by atoms with Crippen LogP contribution in [0.15, 0.2) is 159 Å². The number of aromatic nitrogens is 12. The molecule has 10 aromatic rings. The molecule has 4 aliphatic rings. The van der Waals surface area contributed by atoms with Crippen molar-refractivity contribution in [2.45, 2.75) is 187 Å². The van der Waals surface area contributed by atoms with Crippen LogP contribution in [0.1, 0.15) is 141 Å². The summed E-state index contributed by atoms with van der Waals surface area (Å²) in [4.78, 5) is 87.2. The Hall–Kier alpha value is -11.5. The first-order valence-electron chi connectivity index (χ1n) is 36.5. The van der Waals surface area contributed by atoms with Crippen molar-refractivity contribution in [3.63, 3.8) is 0 Å². The predicted molar refractivity (Wildman–Crippen MR) is 453 cm³/mol. The first-order chi connectivity index (χ1) is 56.0. The number of anilines is 2. The molecule has 0 saturated carbocycles. The van der Waals surface area contributed by atoms with Gasteiger partial charge in [0.25, 0.3) is 6.29 Å². The van der Waals surface area contributed by atoms with Crippen molar-refractivity contribution < 1.29 is 91.7 Å². The van der Waals surface area contributed by atoms with Crippen molar-refractivity contribution in [2.24, 2.45) is 11.8 Å². The van der Waals surface area contributed by atoms with Crippen molar-refractivity contribution in [3.8, 4) is 55.1 Å². The standard InChI is InChI=1S/C24H29N6O7PS.C23H22O5.C21H19ClN4O3.C12H13N5O4.4CH4/c1-5-24(33)19(31)17(36-23(24)30-13-28-18-20(25)26-12-27-21(18)30)11-34-38(39,37-16-9-7-6-8-10-16)29-15(4)22(32)35-14(2)3;1-4-19-16(3)23(5-2,28-21(25)18-14-10-7-11-15-18)22(26-19)27-20(24)17-12-8-6-9-13-17;1-4-15-13(3)21(5-2,29-19(27)14-9-7-6-8-10-14)20(28-15)26-12-25-16-17(22)23-11-24-18(16)26;1-2-12(20)8(19)6(3-18)21-11(12)17-5-16-7-9(13)14-4-15-10(7)17;;;;/h1,6-10,12-15,17,19,23,31,33H,11H2,2-4H3,(H,29,39)(H2,25,26,27);2,6-16,19,22H,4H2,1,3H3;2,6-13,15,20H,4H2,1,3H3;1,4-6,8,11,18-20H,3H2,(H2,13,14,15);4*1H4/t15-,17+,19+,23+,24+,38?;16-,19-,22-,23-;13-,15-,20-,21-;6-,8-,11-,12-;;;;/m0111..../s1.